The van der Waals surface area contributed by atoms with Crippen molar-refractivity contribution in [3.05, 3.63) is 0 Å². The number of amides is 1. The number of piperazine rings is 1. The summed E-state index contributed by atoms with van der Waals surface area (Å²) in [6.45, 7) is 3.67. The molecule has 0 saturated carbocycles. The van der Waals surface area contributed by atoms with Crippen LogP contribution in [0.4, 0.5) is 0 Å². The molecule has 0 radical (unpaired) electrons. The summed E-state index contributed by atoms with van der Waals surface area (Å²) in [4.78, 5) is 10.7. The zero-order valence-electron chi connectivity index (χ0n) is 6.46. The number of carbonyl (C=O) groups is 1. The second-order valence-electron chi connectivity index (χ2n) is 2.58. The van der Waals surface area contributed by atoms with Crippen molar-refractivity contribution in [3.63, 3.8) is 0 Å². The van der Waals surface area contributed by atoms with Crippen LogP contribution in [-0.4, -0.2) is 31.1 Å². The third-order valence-corrected chi connectivity index (χ3v) is 1.76. The lowest BCUT2D eigenvalue weighted by molar-refractivity contribution is -0.120. The topological polar surface area (TPSA) is 67.2 Å². The molecule has 5 heteroatoms. The molecule has 4 nitrogen and oxygen atoms in total. The molecule has 2 atom stereocenters. The molecule has 4 N–H and O–H groups in total. The van der Waals surface area contributed by atoms with Gasteiger partial charge in [-0.3, -0.25) is 4.79 Å². The Hall–Kier alpha value is -0.320. The van der Waals surface area contributed by atoms with E-state index in [2.05, 4.69) is 10.6 Å². The molecule has 0 bridgehead atoms. The van der Waals surface area contributed by atoms with Gasteiger partial charge in [-0.25, -0.2) is 0 Å². The van der Waals surface area contributed by atoms with Crippen molar-refractivity contribution in [1.82, 2.24) is 10.6 Å². The Bertz CT molecular complexity index is 142. The maximum atomic E-state index is 10.7. The van der Waals surface area contributed by atoms with E-state index in [1.165, 1.54) is 0 Å². The third kappa shape index (κ3) is 2.65. The Morgan fingerprint density at radius 1 is 1.45 bits per heavy atom. The molecule has 0 spiro atoms. The lowest BCUT2D eigenvalue weighted by Crippen LogP contribution is -2.59. The zero-order chi connectivity index (χ0) is 7.56. The van der Waals surface area contributed by atoms with Gasteiger partial charge in [-0.05, 0) is 6.92 Å². The van der Waals surface area contributed by atoms with Crippen LogP contribution in [0.2, 0.25) is 0 Å². The first-order valence-corrected chi connectivity index (χ1v) is 3.48. The van der Waals surface area contributed by atoms with E-state index in [9.17, 15) is 4.79 Å². The Morgan fingerprint density at radius 2 is 2.00 bits per heavy atom. The summed E-state index contributed by atoms with van der Waals surface area (Å²) in [6.07, 6.45) is 0. The molecule has 2 unspecified atom stereocenters. The minimum absolute atomic E-state index is 0. The molecule has 1 aliphatic rings. The smallest absolute Gasteiger partial charge is 0.236 e. The number of carbonyl (C=O) groups excluding carboxylic acids is 1. The summed E-state index contributed by atoms with van der Waals surface area (Å²) in [7, 11) is 0. The molecule has 11 heavy (non-hydrogen) atoms. The van der Waals surface area contributed by atoms with Crippen LogP contribution in [-0.2, 0) is 4.79 Å². The van der Waals surface area contributed by atoms with Gasteiger partial charge >= 0.3 is 0 Å². The Kier molecular flexibility index (Phi) is 4.40. The van der Waals surface area contributed by atoms with Gasteiger partial charge in [0.1, 0.15) is 6.04 Å². The van der Waals surface area contributed by atoms with Crippen molar-refractivity contribution in [2.24, 2.45) is 5.73 Å². The first-order chi connectivity index (χ1) is 4.72. The monoisotopic (exact) mass is 179 g/mol. The highest BCUT2D eigenvalue weighted by molar-refractivity contribution is 5.85. The normalized spacial score (nSPS) is 30.6. The molecule has 1 heterocycles. The minimum atomic E-state index is -0.278. The fourth-order valence-corrected chi connectivity index (χ4v) is 1.17. The zero-order valence-corrected chi connectivity index (χ0v) is 7.28. The van der Waals surface area contributed by atoms with Crippen LogP contribution in [0, 0.1) is 0 Å². The van der Waals surface area contributed by atoms with Gasteiger partial charge in [0.05, 0.1) is 0 Å². The first kappa shape index (κ1) is 10.7. The molecule has 0 aromatic heterocycles. The molecular formula is C6H14ClN3O. The predicted molar refractivity (Wildman–Crippen MR) is 45.7 cm³/mol. The Morgan fingerprint density at radius 3 is 2.36 bits per heavy atom. The predicted octanol–water partition coefficient (Wildman–Crippen LogP) is -1.16. The van der Waals surface area contributed by atoms with Crippen molar-refractivity contribution < 1.29 is 4.79 Å². The van der Waals surface area contributed by atoms with Crippen molar-refractivity contribution in [2.45, 2.75) is 19.0 Å². The van der Waals surface area contributed by atoms with Crippen molar-refractivity contribution in [2.75, 3.05) is 13.1 Å². The van der Waals surface area contributed by atoms with Gasteiger partial charge in [-0.1, -0.05) is 0 Å². The fraction of sp³-hybridized carbons (Fsp3) is 0.833. The van der Waals surface area contributed by atoms with Gasteiger partial charge in [0.2, 0.25) is 5.91 Å². The lowest BCUT2D eigenvalue weighted by Gasteiger charge is -2.28. The number of rotatable bonds is 1. The van der Waals surface area contributed by atoms with Crippen LogP contribution in [0.3, 0.4) is 0 Å². The number of nitrogens with two attached hydrogens (primary N) is 1. The Balaban J connectivity index is 0.000001000. The number of halogens is 1. The maximum Gasteiger partial charge on any atom is 0.236 e. The van der Waals surface area contributed by atoms with E-state index in [1.807, 2.05) is 6.92 Å². The van der Waals surface area contributed by atoms with Crippen molar-refractivity contribution >= 4 is 18.3 Å². The number of hydrogen-bond donors (Lipinski definition) is 3. The largest absolute Gasteiger partial charge is 0.368 e. The highest BCUT2D eigenvalue weighted by Gasteiger charge is 2.24. The van der Waals surface area contributed by atoms with E-state index in [0.29, 0.717) is 0 Å². The second kappa shape index (κ2) is 4.54. The minimum Gasteiger partial charge on any atom is -0.368 e. The van der Waals surface area contributed by atoms with Crippen LogP contribution >= 0.6 is 12.4 Å². The van der Waals surface area contributed by atoms with Gasteiger partial charge in [-0.15, -0.1) is 12.4 Å². The van der Waals surface area contributed by atoms with Crippen LogP contribution in [0.5, 0.6) is 0 Å². The van der Waals surface area contributed by atoms with Gasteiger partial charge in [0.15, 0.2) is 0 Å². The van der Waals surface area contributed by atoms with Crippen LogP contribution < -0.4 is 16.4 Å². The quantitative estimate of drug-likeness (QED) is 0.476. The molecule has 1 fully saturated rings. The Labute approximate surface area is 72.3 Å². The van der Waals surface area contributed by atoms with Crippen LogP contribution in [0.15, 0.2) is 0 Å². The molecule has 0 aliphatic carbocycles. The SMILES string of the molecule is CC1NCCNC1C(N)=O.Cl. The fourth-order valence-electron chi connectivity index (χ4n) is 1.17. The summed E-state index contributed by atoms with van der Waals surface area (Å²) >= 11 is 0. The summed E-state index contributed by atoms with van der Waals surface area (Å²) in [5.74, 6) is -0.278. The van der Waals surface area contributed by atoms with E-state index in [4.69, 9.17) is 5.73 Å². The molecule has 0 aromatic rings. The van der Waals surface area contributed by atoms with Crippen LogP contribution in [0.1, 0.15) is 6.92 Å². The summed E-state index contributed by atoms with van der Waals surface area (Å²) in [5.41, 5.74) is 5.12. The average molecular weight is 180 g/mol. The molecular weight excluding hydrogens is 166 g/mol. The van der Waals surface area contributed by atoms with E-state index in [1.54, 1.807) is 0 Å². The number of nitrogens with one attached hydrogen (secondary N) is 2. The number of hydrogen-bond acceptors (Lipinski definition) is 3. The summed E-state index contributed by atoms with van der Waals surface area (Å²) < 4.78 is 0. The molecule has 66 valence electrons. The van der Waals surface area contributed by atoms with Crippen molar-refractivity contribution in [1.29, 1.82) is 0 Å². The standard InChI is InChI=1S/C6H13N3O.ClH/c1-4-5(6(7)10)9-3-2-8-4;/h4-5,8-9H,2-3H2,1H3,(H2,7,10);1H. The number of primary amides is 1. The van der Waals surface area contributed by atoms with E-state index in [-0.39, 0.29) is 30.4 Å². The van der Waals surface area contributed by atoms with E-state index in [0.717, 1.165) is 13.1 Å². The van der Waals surface area contributed by atoms with Crippen molar-refractivity contribution in [3.8, 4) is 0 Å². The average Bonchev–Trinajstić information content (AvgIpc) is 1.88. The summed E-state index contributed by atoms with van der Waals surface area (Å²) in [6, 6.07) is -0.0417. The van der Waals surface area contributed by atoms with Gasteiger partial charge < -0.3 is 16.4 Å². The third-order valence-electron chi connectivity index (χ3n) is 1.76. The van der Waals surface area contributed by atoms with Gasteiger partial charge in [0, 0.05) is 19.1 Å². The molecule has 1 saturated heterocycles. The van der Waals surface area contributed by atoms with Gasteiger partial charge in [0.25, 0.3) is 0 Å². The first-order valence-electron chi connectivity index (χ1n) is 3.48. The van der Waals surface area contributed by atoms with Gasteiger partial charge in [-0.2, -0.15) is 0 Å². The molecule has 1 amide bonds. The second-order valence-corrected chi connectivity index (χ2v) is 2.58. The molecule has 1 rings (SSSR count). The highest BCUT2D eigenvalue weighted by Crippen LogP contribution is 1.95. The lowest BCUT2D eigenvalue weighted by atomic mass is 10.1. The molecule has 1 aliphatic heterocycles. The van der Waals surface area contributed by atoms with E-state index >= 15 is 0 Å². The highest BCUT2D eigenvalue weighted by atomic mass is 35.5. The summed E-state index contributed by atoms with van der Waals surface area (Å²) in [5, 5.41) is 6.18. The van der Waals surface area contributed by atoms with Crippen LogP contribution in [0.25, 0.3) is 0 Å². The maximum absolute atomic E-state index is 10.7. The molecule has 0 aromatic carbocycles. The van der Waals surface area contributed by atoms with E-state index < -0.39 is 0 Å².